The lowest BCUT2D eigenvalue weighted by Gasteiger charge is -2.07. The van der Waals surface area contributed by atoms with Crippen molar-refractivity contribution >= 4 is 62.7 Å². The van der Waals surface area contributed by atoms with Crippen molar-refractivity contribution in [3.05, 3.63) is 35.5 Å². The number of nitrogens with one attached hydrogen (secondary N) is 2. The minimum absolute atomic E-state index is 0.0176. The number of hydrogen-bond acceptors (Lipinski definition) is 5. The molecule has 2 N–H and O–H groups in total. The lowest BCUT2D eigenvalue weighted by Crippen LogP contribution is -1.98. The molecular formula is C12H9ClFIN6. The molecule has 0 saturated heterocycles. The van der Waals surface area contributed by atoms with E-state index >= 15 is 0 Å². The highest BCUT2D eigenvalue weighted by atomic mass is 127. The summed E-state index contributed by atoms with van der Waals surface area (Å²) in [5.41, 5.74) is 1.64. The van der Waals surface area contributed by atoms with Crippen molar-refractivity contribution < 1.29 is 4.39 Å². The summed E-state index contributed by atoms with van der Waals surface area (Å²) in [6.07, 6.45) is 1.03. The van der Waals surface area contributed by atoms with Gasteiger partial charge in [0.15, 0.2) is 17.5 Å². The largest absolute Gasteiger partial charge is 0.338 e. The Balaban J connectivity index is 2.03. The molecule has 0 unspecified atom stereocenters. The second kappa shape index (κ2) is 5.60. The van der Waals surface area contributed by atoms with Gasteiger partial charge < -0.3 is 8.85 Å². The normalized spacial score (nSPS) is 10.9. The van der Waals surface area contributed by atoms with E-state index in [1.165, 1.54) is 0 Å². The summed E-state index contributed by atoms with van der Waals surface area (Å²) in [5.74, 6) is 0.193. The van der Waals surface area contributed by atoms with Crippen LogP contribution in [0.3, 0.4) is 0 Å². The van der Waals surface area contributed by atoms with Crippen LogP contribution in [0.4, 0.5) is 21.7 Å². The van der Waals surface area contributed by atoms with Crippen LogP contribution in [-0.4, -0.2) is 19.7 Å². The minimum Gasteiger partial charge on any atom is -0.338 e. The zero-order valence-corrected chi connectivity index (χ0v) is 13.6. The van der Waals surface area contributed by atoms with Crippen molar-refractivity contribution in [2.75, 3.05) is 8.85 Å². The summed E-state index contributed by atoms with van der Waals surface area (Å²) in [6, 6.07) is 5.57. The predicted molar refractivity (Wildman–Crippen MR) is 88.6 cm³/mol. The highest BCUT2D eigenvalue weighted by molar-refractivity contribution is 14.1. The summed E-state index contributed by atoms with van der Waals surface area (Å²) in [4.78, 5) is 7.40. The standard InChI is InChI=1S/C12H9ClFIN6/c1-21-9-3-2-6(4-7(9)10(19-15)20-21)17-11-8(14)5-16-12(13)18-11/h2-5H,1H3,(H,19,20)(H,16,17,18). The Bertz CT molecular complexity index is 821. The quantitative estimate of drug-likeness (QED) is 0.386. The molecule has 0 atom stereocenters. The first-order valence-corrected chi connectivity index (χ1v) is 7.32. The van der Waals surface area contributed by atoms with Gasteiger partial charge in [0.05, 0.1) is 34.6 Å². The maximum Gasteiger partial charge on any atom is 0.224 e. The first-order chi connectivity index (χ1) is 10.1. The number of fused-ring (bicyclic) bond motifs is 1. The third-order valence-electron chi connectivity index (χ3n) is 2.92. The molecule has 21 heavy (non-hydrogen) atoms. The number of hydrogen-bond donors (Lipinski definition) is 2. The summed E-state index contributed by atoms with van der Waals surface area (Å²) in [7, 11) is 1.86. The van der Waals surface area contributed by atoms with Crippen LogP contribution in [0.5, 0.6) is 0 Å². The summed E-state index contributed by atoms with van der Waals surface area (Å²) in [5, 5.41) is 8.12. The van der Waals surface area contributed by atoms with Crippen molar-refractivity contribution in [3.63, 3.8) is 0 Å². The van der Waals surface area contributed by atoms with Crippen LogP contribution in [0.2, 0.25) is 5.28 Å². The van der Waals surface area contributed by atoms with Crippen LogP contribution < -0.4 is 8.85 Å². The van der Waals surface area contributed by atoms with Crippen LogP contribution in [0, 0.1) is 5.82 Å². The highest BCUT2D eigenvalue weighted by Crippen LogP contribution is 2.28. The molecule has 2 heterocycles. The lowest BCUT2D eigenvalue weighted by atomic mass is 10.2. The van der Waals surface area contributed by atoms with E-state index in [2.05, 4.69) is 23.9 Å². The molecule has 108 valence electrons. The molecule has 0 aliphatic rings. The Labute approximate surface area is 138 Å². The molecular weight excluding hydrogens is 410 g/mol. The monoisotopic (exact) mass is 418 g/mol. The molecule has 0 radical (unpaired) electrons. The number of aromatic nitrogens is 4. The third kappa shape index (κ3) is 2.72. The van der Waals surface area contributed by atoms with Crippen LogP contribution >= 0.6 is 34.5 Å². The van der Waals surface area contributed by atoms with Gasteiger partial charge in [-0.15, -0.1) is 0 Å². The lowest BCUT2D eigenvalue weighted by molar-refractivity contribution is 0.619. The van der Waals surface area contributed by atoms with E-state index in [0.717, 1.165) is 22.9 Å². The van der Waals surface area contributed by atoms with Gasteiger partial charge in [-0.2, -0.15) is 10.1 Å². The number of rotatable bonds is 3. The Morgan fingerprint density at radius 2 is 2.14 bits per heavy atom. The molecule has 6 nitrogen and oxygen atoms in total. The molecule has 0 spiro atoms. The Kier molecular flexibility index (Phi) is 3.81. The maximum absolute atomic E-state index is 13.6. The van der Waals surface area contributed by atoms with Gasteiger partial charge in [-0.25, -0.2) is 9.37 Å². The number of aryl methyl sites for hydroxylation is 1. The van der Waals surface area contributed by atoms with Crippen molar-refractivity contribution in [2.24, 2.45) is 7.05 Å². The van der Waals surface area contributed by atoms with Crippen LogP contribution in [-0.2, 0) is 7.05 Å². The molecule has 0 aliphatic carbocycles. The summed E-state index contributed by atoms with van der Waals surface area (Å²) >= 11 is 7.69. The maximum atomic E-state index is 13.6. The van der Waals surface area contributed by atoms with E-state index in [4.69, 9.17) is 11.6 Å². The second-order valence-corrected chi connectivity index (χ2v) is 5.14. The van der Waals surface area contributed by atoms with Crippen molar-refractivity contribution in [1.29, 1.82) is 0 Å². The Morgan fingerprint density at radius 3 is 2.90 bits per heavy atom. The molecule has 3 rings (SSSR count). The molecule has 0 amide bonds. The zero-order valence-electron chi connectivity index (χ0n) is 10.7. The Hall–Kier alpha value is -1.68. The first kappa shape index (κ1) is 14.3. The average molecular weight is 419 g/mol. The van der Waals surface area contributed by atoms with Gasteiger partial charge in [-0.3, -0.25) is 4.68 Å². The van der Waals surface area contributed by atoms with Gasteiger partial charge in [-0.1, -0.05) is 0 Å². The predicted octanol–water partition coefficient (Wildman–Crippen LogP) is 3.66. The van der Waals surface area contributed by atoms with Crippen LogP contribution in [0.25, 0.3) is 10.9 Å². The van der Waals surface area contributed by atoms with Crippen molar-refractivity contribution in [1.82, 2.24) is 19.7 Å². The fourth-order valence-corrected chi connectivity index (χ4v) is 2.51. The minimum atomic E-state index is -0.571. The van der Waals surface area contributed by atoms with Crippen molar-refractivity contribution in [3.8, 4) is 0 Å². The number of anilines is 3. The van der Waals surface area contributed by atoms with Crippen LogP contribution in [0.1, 0.15) is 0 Å². The second-order valence-electron chi connectivity index (χ2n) is 4.26. The first-order valence-electron chi connectivity index (χ1n) is 5.87. The van der Waals surface area contributed by atoms with E-state index < -0.39 is 5.82 Å². The molecule has 1 aromatic carbocycles. The molecule has 3 aromatic rings. The molecule has 0 fully saturated rings. The smallest absolute Gasteiger partial charge is 0.224 e. The number of halogens is 3. The van der Waals surface area contributed by atoms with Gasteiger partial charge in [0, 0.05) is 18.1 Å². The molecule has 2 aromatic heterocycles. The topological polar surface area (TPSA) is 67.7 Å². The van der Waals surface area contributed by atoms with E-state index in [-0.39, 0.29) is 11.1 Å². The SMILES string of the molecule is Cn1nc(NI)c2cc(Nc3nc(Cl)ncc3F)ccc21. The number of benzene rings is 1. The van der Waals surface area contributed by atoms with Gasteiger partial charge in [0.2, 0.25) is 5.28 Å². The Morgan fingerprint density at radius 1 is 1.33 bits per heavy atom. The van der Waals surface area contributed by atoms with Crippen molar-refractivity contribution in [2.45, 2.75) is 0 Å². The molecule has 9 heteroatoms. The fourth-order valence-electron chi connectivity index (χ4n) is 1.98. The average Bonchev–Trinajstić information content (AvgIpc) is 2.79. The summed E-state index contributed by atoms with van der Waals surface area (Å²) in [6.45, 7) is 0. The molecule has 0 aliphatic heterocycles. The molecule has 0 saturated carbocycles. The third-order valence-corrected chi connectivity index (χ3v) is 3.61. The number of nitrogens with zero attached hydrogens (tertiary/aromatic N) is 4. The van der Waals surface area contributed by atoms with Gasteiger partial charge in [0.1, 0.15) is 0 Å². The fraction of sp³-hybridized carbons (Fsp3) is 0.0833. The highest BCUT2D eigenvalue weighted by Gasteiger charge is 2.10. The molecule has 0 bridgehead atoms. The van der Waals surface area contributed by atoms with Gasteiger partial charge >= 0.3 is 0 Å². The summed E-state index contributed by atoms with van der Waals surface area (Å²) < 4.78 is 18.4. The van der Waals surface area contributed by atoms with E-state index in [1.54, 1.807) is 4.68 Å². The van der Waals surface area contributed by atoms with E-state index in [1.807, 2.05) is 48.1 Å². The van der Waals surface area contributed by atoms with E-state index in [9.17, 15) is 4.39 Å². The van der Waals surface area contributed by atoms with Gasteiger partial charge in [0.25, 0.3) is 0 Å². The van der Waals surface area contributed by atoms with Gasteiger partial charge in [-0.05, 0) is 29.8 Å². The van der Waals surface area contributed by atoms with Crippen LogP contribution in [0.15, 0.2) is 24.4 Å². The van der Waals surface area contributed by atoms with E-state index in [0.29, 0.717) is 5.69 Å². The zero-order chi connectivity index (χ0) is 15.0.